The van der Waals surface area contributed by atoms with E-state index in [1.807, 2.05) is 24.3 Å². The Morgan fingerprint density at radius 3 is 2.81 bits per heavy atom. The molecule has 2 aromatic heterocycles. The van der Waals surface area contributed by atoms with Crippen LogP contribution in [0.5, 0.6) is 0 Å². The van der Waals surface area contributed by atoms with Gasteiger partial charge in [-0.05, 0) is 28.5 Å². The van der Waals surface area contributed by atoms with Crippen molar-refractivity contribution in [3.8, 4) is 11.1 Å². The molecule has 31 heavy (non-hydrogen) atoms. The summed E-state index contributed by atoms with van der Waals surface area (Å²) < 4.78 is 2.13. The van der Waals surface area contributed by atoms with Gasteiger partial charge in [0.05, 0.1) is 17.6 Å². The lowest BCUT2D eigenvalue weighted by molar-refractivity contribution is 0.0689. The van der Waals surface area contributed by atoms with E-state index in [-0.39, 0.29) is 12.2 Å². The SMILES string of the molecule is Nc1ncnc2c1c(-c1ccc3c(C(=O)O)cccc3c1)cn2CC1CN(CCO)C1. The Kier molecular flexibility index (Phi) is 4.80. The van der Waals surface area contributed by atoms with E-state index in [2.05, 4.69) is 25.6 Å². The van der Waals surface area contributed by atoms with Gasteiger partial charge in [0.15, 0.2) is 0 Å². The molecule has 1 aliphatic rings. The zero-order valence-corrected chi connectivity index (χ0v) is 16.9. The van der Waals surface area contributed by atoms with Crippen molar-refractivity contribution < 1.29 is 15.0 Å². The van der Waals surface area contributed by atoms with Crippen LogP contribution in [0.15, 0.2) is 48.9 Å². The summed E-state index contributed by atoms with van der Waals surface area (Å²) in [6.07, 6.45) is 3.54. The van der Waals surface area contributed by atoms with Gasteiger partial charge in [-0.1, -0.05) is 24.3 Å². The number of anilines is 1. The average Bonchev–Trinajstić information content (AvgIpc) is 3.11. The number of nitrogen functional groups attached to an aromatic ring is 1. The summed E-state index contributed by atoms with van der Waals surface area (Å²) in [5.74, 6) is -0.0297. The lowest BCUT2D eigenvalue weighted by atomic mass is 9.98. The maximum Gasteiger partial charge on any atom is 0.336 e. The number of β-amino-alcohol motifs (C(OH)–C–C–N with tert-alkyl or cyclic N) is 1. The third-order valence-corrected chi connectivity index (χ3v) is 6.01. The van der Waals surface area contributed by atoms with Gasteiger partial charge in [-0.15, -0.1) is 0 Å². The van der Waals surface area contributed by atoms with E-state index in [1.165, 1.54) is 6.33 Å². The summed E-state index contributed by atoms with van der Waals surface area (Å²) in [4.78, 5) is 22.5. The summed E-state index contributed by atoms with van der Waals surface area (Å²) in [5, 5.41) is 20.9. The molecule has 4 aromatic rings. The first kappa shape index (κ1) is 19.5. The summed E-state index contributed by atoms with van der Waals surface area (Å²) in [7, 11) is 0. The number of benzene rings is 2. The van der Waals surface area contributed by atoms with Crippen LogP contribution in [0.4, 0.5) is 5.82 Å². The number of aromatic carboxylic acids is 1. The predicted octanol–water partition coefficient (Wildman–Crippen LogP) is 2.46. The first-order chi connectivity index (χ1) is 15.0. The van der Waals surface area contributed by atoms with Crippen LogP contribution in [0.2, 0.25) is 0 Å². The van der Waals surface area contributed by atoms with Crippen LogP contribution < -0.4 is 5.73 Å². The Labute approximate surface area is 178 Å². The van der Waals surface area contributed by atoms with Gasteiger partial charge in [0, 0.05) is 43.9 Å². The van der Waals surface area contributed by atoms with Crippen molar-refractivity contribution in [1.29, 1.82) is 0 Å². The van der Waals surface area contributed by atoms with Crippen molar-refractivity contribution in [2.24, 2.45) is 5.92 Å². The third-order valence-electron chi connectivity index (χ3n) is 6.01. The first-order valence-corrected chi connectivity index (χ1v) is 10.2. The van der Waals surface area contributed by atoms with Crippen LogP contribution in [-0.2, 0) is 6.54 Å². The van der Waals surface area contributed by atoms with E-state index in [0.29, 0.717) is 23.7 Å². The molecule has 1 saturated heterocycles. The molecule has 3 heterocycles. The number of carboxylic acids is 1. The Bertz CT molecular complexity index is 1290. The molecule has 0 radical (unpaired) electrons. The number of fused-ring (bicyclic) bond motifs is 2. The number of aromatic nitrogens is 3. The van der Waals surface area contributed by atoms with Crippen LogP contribution in [0.1, 0.15) is 10.4 Å². The number of aliphatic hydroxyl groups is 1. The highest BCUT2D eigenvalue weighted by atomic mass is 16.4. The number of carboxylic acid groups (broad SMARTS) is 1. The van der Waals surface area contributed by atoms with Crippen LogP contribution in [0.25, 0.3) is 32.9 Å². The smallest absolute Gasteiger partial charge is 0.336 e. The number of hydrogen-bond acceptors (Lipinski definition) is 6. The molecular weight excluding hydrogens is 394 g/mol. The van der Waals surface area contributed by atoms with Gasteiger partial charge in [-0.3, -0.25) is 0 Å². The molecule has 0 aliphatic carbocycles. The summed E-state index contributed by atoms with van der Waals surface area (Å²) in [5.41, 5.74) is 9.20. The normalized spacial score (nSPS) is 14.9. The number of hydrogen-bond donors (Lipinski definition) is 3. The summed E-state index contributed by atoms with van der Waals surface area (Å²) in [6, 6.07) is 11.0. The second kappa shape index (κ2) is 7.64. The number of nitrogens with two attached hydrogens (primary N) is 1. The molecule has 0 amide bonds. The lowest BCUT2D eigenvalue weighted by Crippen LogP contribution is -2.49. The zero-order valence-electron chi connectivity index (χ0n) is 16.9. The summed E-state index contributed by atoms with van der Waals surface area (Å²) >= 11 is 0. The molecule has 5 rings (SSSR count). The van der Waals surface area contributed by atoms with E-state index in [4.69, 9.17) is 10.8 Å². The van der Waals surface area contributed by atoms with Crippen molar-refractivity contribution in [1.82, 2.24) is 19.4 Å². The van der Waals surface area contributed by atoms with Gasteiger partial charge in [0.25, 0.3) is 0 Å². The van der Waals surface area contributed by atoms with Crippen molar-refractivity contribution in [2.75, 3.05) is 32.0 Å². The van der Waals surface area contributed by atoms with Crippen LogP contribution >= 0.6 is 0 Å². The second-order valence-electron chi connectivity index (χ2n) is 8.05. The fourth-order valence-electron chi connectivity index (χ4n) is 4.54. The van der Waals surface area contributed by atoms with E-state index in [9.17, 15) is 9.90 Å². The molecule has 8 nitrogen and oxygen atoms in total. The van der Waals surface area contributed by atoms with E-state index < -0.39 is 5.97 Å². The molecule has 2 aromatic carbocycles. The maximum absolute atomic E-state index is 11.5. The van der Waals surface area contributed by atoms with Gasteiger partial charge < -0.3 is 25.4 Å². The molecule has 1 fully saturated rings. The zero-order chi connectivity index (χ0) is 21.5. The number of carbonyl (C=O) groups is 1. The quantitative estimate of drug-likeness (QED) is 0.441. The van der Waals surface area contributed by atoms with Gasteiger partial charge in [0.2, 0.25) is 0 Å². The van der Waals surface area contributed by atoms with E-state index in [1.54, 1.807) is 12.1 Å². The Balaban J connectivity index is 1.56. The predicted molar refractivity (Wildman–Crippen MR) is 119 cm³/mol. The molecule has 0 bridgehead atoms. The first-order valence-electron chi connectivity index (χ1n) is 10.2. The van der Waals surface area contributed by atoms with Crippen LogP contribution in [0.3, 0.4) is 0 Å². The topological polar surface area (TPSA) is 118 Å². The number of rotatable bonds is 6. The van der Waals surface area contributed by atoms with Crippen molar-refractivity contribution in [3.63, 3.8) is 0 Å². The maximum atomic E-state index is 11.5. The highest BCUT2D eigenvalue weighted by molar-refractivity contribution is 6.06. The average molecular weight is 417 g/mol. The van der Waals surface area contributed by atoms with E-state index in [0.717, 1.165) is 47.2 Å². The Morgan fingerprint density at radius 2 is 2.03 bits per heavy atom. The molecule has 8 heteroatoms. The molecule has 0 saturated carbocycles. The number of likely N-dealkylation sites (tertiary alicyclic amines) is 1. The molecule has 4 N–H and O–H groups in total. The minimum absolute atomic E-state index is 0.179. The standard InChI is InChI=1S/C23H23N5O3/c24-21-20-19(16-4-5-17-15(8-16)2-1-3-18(17)23(30)31)12-28(22(20)26-13-25-21)11-14-9-27(10-14)6-7-29/h1-5,8,12-14,29H,6-7,9-11H2,(H,30,31)(H2,24,25,26). The second-order valence-corrected chi connectivity index (χ2v) is 8.05. The number of aliphatic hydroxyl groups excluding tert-OH is 1. The Hall–Kier alpha value is -3.49. The van der Waals surface area contributed by atoms with Gasteiger partial charge in [0.1, 0.15) is 17.8 Å². The lowest BCUT2D eigenvalue weighted by Gasteiger charge is -2.39. The monoisotopic (exact) mass is 417 g/mol. The molecule has 0 atom stereocenters. The minimum Gasteiger partial charge on any atom is -0.478 e. The fourth-order valence-corrected chi connectivity index (χ4v) is 4.54. The van der Waals surface area contributed by atoms with Gasteiger partial charge in [-0.2, -0.15) is 0 Å². The fraction of sp³-hybridized carbons (Fsp3) is 0.261. The van der Waals surface area contributed by atoms with E-state index >= 15 is 0 Å². The largest absolute Gasteiger partial charge is 0.478 e. The van der Waals surface area contributed by atoms with Gasteiger partial charge in [-0.25, -0.2) is 14.8 Å². The highest BCUT2D eigenvalue weighted by Crippen LogP contribution is 2.35. The molecule has 1 aliphatic heterocycles. The molecular formula is C23H23N5O3. The van der Waals surface area contributed by atoms with Crippen molar-refractivity contribution in [2.45, 2.75) is 6.54 Å². The van der Waals surface area contributed by atoms with Crippen molar-refractivity contribution >= 4 is 33.6 Å². The summed E-state index contributed by atoms with van der Waals surface area (Å²) in [6.45, 7) is 3.59. The molecule has 158 valence electrons. The van der Waals surface area contributed by atoms with Gasteiger partial charge >= 0.3 is 5.97 Å². The van der Waals surface area contributed by atoms with Crippen LogP contribution in [-0.4, -0.2) is 61.9 Å². The third kappa shape index (κ3) is 3.39. The minimum atomic E-state index is -0.941. The van der Waals surface area contributed by atoms with Crippen LogP contribution in [0, 0.1) is 5.92 Å². The number of nitrogens with zero attached hydrogens (tertiary/aromatic N) is 4. The Morgan fingerprint density at radius 1 is 1.19 bits per heavy atom. The van der Waals surface area contributed by atoms with Crippen molar-refractivity contribution in [3.05, 3.63) is 54.5 Å². The highest BCUT2D eigenvalue weighted by Gasteiger charge is 2.27. The molecule has 0 unspecified atom stereocenters. The molecule has 0 spiro atoms.